The summed E-state index contributed by atoms with van der Waals surface area (Å²) in [5.74, 6) is -1.30. The topological polar surface area (TPSA) is 145 Å². The summed E-state index contributed by atoms with van der Waals surface area (Å²) >= 11 is 0. The lowest BCUT2D eigenvalue weighted by Crippen LogP contribution is -2.39. The van der Waals surface area contributed by atoms with Crippen LogP contribution in [0.1, 0.15) is 61.8 Å². The molecular weight excluding hydrogens is 509 g/mol. The number of carboxylic acid groups (broad SMARTS) is 1. The lowest BCUT2D eigenvalue weighted by molar-refractivity contribution is -0.235. The van der Waals surface area contributed by atoms with Crippen molar-refractivity contribution < 1.29 is 33.6 Å². The molecule has 3 aromatic rings. The summed E-state index contributed by atoms with van der Waals surface area (Å²) in [6.45, 7) is 7.60. The highest BCUT2D eigenvalue weighted by molar-refractivity contribution is 5.89. The molecule has 212 valence electrons. The van der Waals surface area contributed by atoms with Gasteiger partial charge in [0.25, 0.3) is 0 Å². The molecule has 0 fully saturated rings. The van der Waals surface area contributed by atoms with E-state index in [-0.39, 0.29) is 23.7 Å². The van der Waals surface area contributed by atoms with Crippen LogP contribution in [0.4, 0.5) is 10.2 Å². The lowest BCUT2D eigenvalue weighted by Gasteiger charge is -2.30. The Bertz CT molecular complexity index is 1320. The number of aliphatic hydroxyl groups is 1. The SMILES string of the molecule is CCC(Oc1cc(-c2c(OC)nn(C)c2CN(C)C(O)OC(C)(C)C)cnc1N)c1ccc(F)cc1C(=O)O. The molecule has 12 heteroatoms. The Hall–Kier alpha value is -3.74. The van der Waals surface area contributed by atoms with E-state index in [2.05, 4.69) is 10.1 Å². The van der Waals surface area contributed by atoms with Crippen molar-refractivity contribution in [2.45, 2.75) is 58.8 Å². The Morgan fingerprint density at radius 1 is 1.28 bits per heavy atom. The van der Waals surface area contributed by atoms with Crippen molar-refractivity contribution in [3.05, 3.63) is 53.1 Å². The van der Waals surface area contributed by atoms with E-state index in [1.54, 1.807) is 35.9 Å². The van der Waals surface area contributed by atoms with Crippen molar-refractivity contribution in [1.82, 2.24) is 19.7 Å². The molecule has 39 heavy (non-hydrogen) atoms. The largest absolute Gasteiger partial charge is 0.482 e. The predicted molar refractivity (Wildman–Crippen MR) is 143 cm³/mol. The van der Waals surface area contributed by atoms with Crippen LogP contribution in [0.25, 0.3) is 11.1 Å². The van der Waals surface area contributed by atoms with Gasteiger partial charge in [0.2, 0.25) is 12.3 Å². The third kappa shape index (κ3) is 7.02. The monoisotopic (exact) mass is 545 g/mol. The van der Waals surface area contributed by atoms with Crippen LogP contribution in [0, 0.1) is 5.82 Å². The van der Waals surface area contributed by atoms with Crippen molar-refractivity contribution in [2.75, 3.05) is 19.9 Å². The van der Waals surface area contributed by atoms with Gasteiger partial charge in [0.05, 0.1) is 29.5 Å². The number of pyridine rings is 1. The van der Waals surface area contributed by atoms with Gasteiger partial charge in [-0.3, -0.25) is 9.58 Å². The maximum atomic E-state index is 13.8. The number of ether oxygens (including phenoxy) is 3. The zero-order valence-electron chi connectivity index (χ0n) is 23.2. The number of aryl methyl sites for hydroxylation is 1. The number of aromatic carboxylic acids is 1. The van der Waals surface area contributed by atoms with E-state index in [4.69, 9.17) is 19.9 Å². The zero-order chi connectivity index (χ0) is 29.1. The van der Waals surface area contributed by atoms with Gasteiger partial charge in [0, 0.05) is 30.9 Å². The molecule has 0 saturated carbocycles. The first-order valence-corrected chi connectivity index (χ1v) is 12.4. The molecule has 0 bridgehead atoms. The molecule has 0 aliphatic rings. The number of aliphatic hydroxyl groups excluding tert-OH is 1. The van der Waals surface area contributed by atoms with Gasteiger partial charge in [-0.1, -0.05) is 13.0 Å². The van der Waals surface area contributed by atoms with Crippen molar-refractivity contribution in [1.29, 1.82) is 0 Å². The number of carbonyl (C=O) groups is 1. The van der Waals surface area contributed by atoms with Gasteiger partial charge in [-0.05, 0) is 52.4 Å². The smallest absolute Gasteiger partial charge is 0.336 e. The molecule has 2 heterocycles. The fourth-order valence-electron chi connectivity index (χ4n) is 4.07. The molecule has 2 aromatic heterocycles. The summed E-state index contributed by atoms with van der Waals surface area (Å²) in [4.78, 5) is 17.7. The van der Waals surface area contributed by atoms with Gasteiger partial charge in [-0.2, -0.15) is 0 Å². The molecule has 0 spiro atoms. The van der Waals surface area contributed by atoms with E-state index < -0.39 is 29.9 Å². The maximum Gasteiger partial charge on any atom is 0.336 e. The number of nitrogens with zero attached hydrogens (tertiary/aromatic N) is 4. The van der Waals surface area contributed by atoms with Crippen LogP contribution in [0.3, 0.4) is 0 Å². The highest BCUT2D eigenvalue weighted by Crippen LogP contribution is 2.38. The van der Waals surface area contributed by atoms with Crippen LogP contribution in [-0.4, -0.2) is 62.0 Å². The summed E-state index contributed by atoms with van der Waals surface area (Å²) in [7, 11) is 4.96. The summed E-state index contributed by atoms with van der Waals surface area (Å²) < 4.78 is 32.7. The van der Waals surface area contributed by atoms with Crippen molar-refractivity contribution in [3.63, 3.8) is 0 Å². The average Bonchev–Trinajstić information content (AvgIpc) is 3.17. The second kappa shape index (κ2) is 12.0. The maximum absolute atomic E-state index is 13.8. The van der Waals surface area contributed by atoms with Gasteiger partial charge < -0.3 is 30.2 Å². The molecule has 0 radical (unpaired) electrons. The fourth-order valence-corrected chi connectivity index (χ4v) is 4.07. The van der Waals surface area contributed by atoms with E-state index in [1.165, 1.54) is 19.2 Å². The molecule has 1 aromatic carbocycles. The van der Waals surface area contributed by atoms with Gasteiger partial charge in [-0.15, -0.1) is 5.10 Å². The molecule has 0 amide bonds. The third-order valence-electron chi connectivity index (χ3n) is 5.97. The minimum Gasteiger partial charge on any atom is -0.482 e. The molecule has 11 nitrogen and oxygen atoms in total. The highest BCUT2D eigenvalue weighted by Gasteiger charge is 2.27. The standard InChI is InChI=1S/C27H36FN5O6/c1-8-20(17-10-9-16(28)12-18(17)25(34)35)38-21-11-15(13-30-23(21)29)22-19(33(6)31-24(22)37-7)14-32(5)26(36)39-27(2,3)4/h9-13,20,26,36H,8,14H2,1-7H3,(H2,29,30)(H,34,35). The Kier molecular flexibility index (Phi) is 9.15. The number of halogens is 1. The molecule has 0 saturated heterocycles. The first-order valence-electron chi connectivity index (χ1n) is 12.4. The van der Waals surface area contributed by atoms with E-state index >= 15 is 0 Å². The van der Waals surface area contributed by atoms with Crippen LogP contribution < -0.4 is 15.2 Å². The van der Waals surface area contributed by atoms with Crippen LogP contribution in [-0.2, 0) is 18.3 Å². The first kappa shape index (κ1) is 29.8. The Morgan fingerprint density at radius 3 is 2.56 bits per heavy atom. The van der Waals surface area contributed by atoms with E-state index in [9.17, 15) is 19.4 Å². The third-order valence-corrected chi connectivity index (χ3v) is 5.97. The van der Waals surface area contributed by atoms with Crippen LogP contribution >= 0.6 is 0 Å². The van der Waals surface area contributed by atoms with Crippen LogP contribution in [0.5, 0.6) is 11.6 Å². The summed E-state index contributed by atoms with van der Waals surface area (Å²) in [5.41, 5.74) is 7.57. The minimum absolute atomic E-state index is 0.0895. The molecule has 0 aliphatic heterocycles. The summed E-state index contributed by atoms with van der Waals surface area (Å²) in [5, 5.41) is 24.6. The fraction of sp³-hybridized carbons (Fsp3) is 0.444. The number of nitrogen functional groups attached to an aromatic ring is 1. The minimum atomic E-state index is -1.27. The summed E-state index contributed by atoms with van der Waals surface area (Å²) in [6, 6.07) is 5.21. The number of hydrogen-bond donors (Lipinski definition) is 3. The number of carboxylic acids is 1. The highest BCUT2D eigenvalue weighted by atomic mass is 19.1. The van der Waals surface area contributed by atoms with Gasteiger partial charge in [0.1, 0.15) is 11.9 Å². The van der Waals surface area contributed by atoms with Crippen molar-refractivity contribution >= 4 is 11.8 Å². The van der Waals surface area contributed by atoms with Crippen LogP contribution in [0.2, 0.25) is 0 Å². The predicted octanol–water partition coefficient (Wildman–Crippen LogP) is 3.96. The van der Waals surface area contributed by atoms with Crippen molar-refractivity contribution in [2.24, 2.45) is 7.05 Å². The summed E-state index contributed by atoms with van der Waals surface area (Å²) in [6.07, 6.45) is 0.0243. The molecular formula is C27H36FN5O6. The second-order valence-corrected chi connectivity index (χ2v) is 10.1. The quantitative estimate of drug-likeness (QED) is 0.303. The number of hydrogen-bond acceptors (Lipinski definition) is 9. The van der Waals surface area contributed by atoms with E-state index in [0.717, 1.165) is 6.07 Å². The zero-order valence-corrected chi connectivity index (χ0v) is 23.2. The Balaban J connectivity index is 2.01. The number of methoxy groups -OCH3 is 1. The number of benzene rings is 1. The number of anilines is 1. The number of nitrogens with two attached hydrogens (primary N) is 1. The second-order valence-electron chi connectivity index (χ2n) is 10.1. The van der Waals surface area contributed by atoms with Crippen LogP contribution in [0.15, 0.2) is 30.5 Å². The van der Waals surface area contributed by atoms with Crippen molar-refractivity contribution in [3.8, 4) is 22.8 Å². The van der Waals surface area contributed by atoms with E-state index in [0.29, 0.717) is 34.7 Å². The van der Waals surface area contributed by atoms with Gasteiger partial charge in [-0.25, -0.2) is 14.2 Å². The molecule has 4 N–H and O–H groups in total. The van der Waals surface area contributed by atoms with Gasteiger partial charge >= 0.3 is 5.97 Å². The first-order chi connectivity index (χ1) is 18.2. The number of aromatic nitrogens is 3. The van der Waals surface area contributed by atoms with E-state index in [1.807, 2.05) is 27.7 Å². The average molecular weight is 546 g/mol. The van der Waals surface area contributed by atoms with Gasteiger partial charge in [0.15, 0.2) is 11.6 Å². The Labute approximate surface area is 226 Å². The lowest BCUT2D eigenvalue weighted by atomic mass is 10.00. The molecule has 3 rings (SSSR count). The number of rotatable bonds is 11. The normalized spacial score (nSPS) is 13.4. The molecule has 2 unspecified atom stereocenters. The molecule has 2 atom stereocenters. The Morgan fingerprint density at radius 2 is 1.97 bits per heavy atom. The molecule has 0 aliphatic carbocycles.